The lowest BCUT2D eigenvalue weighted by atomic mass is 10.1. The maximum Gasteiger partial charge on any atom is 0.339 e. The molecular weight excluding hydrogens is 470 g/mol. The molecule has 0 atom stereocenters. The highest BCUT2D eigenvalue weighted by atomic mass is 32.2. The molecule has 1 N–H and O–H groups in total. The number of anilines is 1. The van der Waals surface area contributed by atoms with Gasteiger partial charge in [-0.25, -0.2) is 4.98 Å². The maximum atomic E-state index is 12.8. The molecule has 4 rings (SSSR count). The first-order chi connectivity index (χ1) is 16.8. The van der Waals surface area contributed by atoms with E-state index < -0.39 is 16.1 Å². The van der Waals surface area contributed by atoms with Gasteiger partial charge < -0.3 is 19.0 Å². The summed E-state index contributed by atoms with van der Waals surface area (Å²) in [6.45, 7) is 3.90. The molecule has 0 aliphatic carbocycles. The monoisotopic (exact) mass is 495 g/mol. The summed E-state index contributed by atoms with van der Waals surface area (Å²) in [5.41, 5.74) is 2.73. The summed E-state index contributed by atoms with van der Waals surface area (Å²) in [7, 11) is -2.56. The van der Waals surface area contributed by atoms with Crippen LogP contribution in [0.15, 0.2) is 71.6 Å². The van der Waals surface area contributed by atoms with Crippen LogP contribution in [-0.2, 0) is 19.6 Å². The van der Waals surface area contributed by atoms with Crippen LogP contribution in [0, 0.1) is 6.92 Å². The van der Waals surface area contributed by atoms with Crippen molar-refractivity contribution >= 4 is 27.6 Å². The van der Waals surface area contributed by atoms with Crippen LogP contribution in [0.1, 0.15) is 12.6 Å². The van der Waals surface area contributed by atoms with E-state index in [1.807, 2.05) is 29.5 Å². The summed E-state index contributed by atoms with van der Waals surface area (Å²) in [5, 5.41) is 3.12. The lowest BCUT2D eigenvalue weighted by Gasteiger charge is -2.11. The Kier molecular flexibility index (Phi) is 6.92. The fourth-order valence-corrected chi connectivity index (χ4v) is 4.52. The van der Waals surface area contributed by atoms with Crippen LogP contribution in [0.25, 0.3) is 16.9 Å². The number of pyridine rings is 1. The highest BCUT2D eigenvalue weighted by Crippen LogP contribution is 2.32. The van der Waals surface area contributed by atoms with E-state index in [0.717, 1.165) is 5.69 Å². The van der Waals surface area contributed by atoms with Gasteiger partial charge in [-0.2, -0.15) is 8.42 Å². The Labute approximate surface area is 203 Å². The topological polar surface area (TPSA) is 108 Å². The molecule has 2 aromatic heterocycles. The fraction of sp³-hybridized carbons (Fsp3) is 0.200. The number of methoxy groups -OCH3 is 1. The summed E-state index contributed by atoms with van der Waals surface area (Å²) in [6.07, 6.45) is 0. The first kappa shape index (κ1) is 24.1. The number of carbonyl (C=O) groups excluding carboxylic acids is 1. The number of imidazole rings is 1. The number of ether oxygens (including phenoxy) is 2. The minimum absolute atomic E-state index is 0.00357. The quantitative estimate of drug-likeness (QED) is 0.274. The minimum Gasteiger partial charge on any atom is -0.497 e. The second-order valence-corrected chi connectivity index (χ2v) is 9.12. The second kappa shape index (κ2) is 10.1. The Morgan fingerprint density at radius 3 is 2.49 bits per heavy atom. The average Bonchev–Trinajstić information content (AvgIpc) is 3.23. The molecule has 0 aliphatic rings. The van der Waals surface area contributed by atoms with Crippen LogP contribution >= 0.6 is 0 Å². The smallest absolute Gasteiger partial charge is 0.339 e. The predicted octanol–water partition coefficient (Wildman–Crippen LogP) is 4.06. The molecule has 10 heteroatoms. The highest BCUT2D eigenvalue weighted by Gasteiger charge is 2.20. The lowest BCUT2D eigenvalue weighted by Crippen LogP contribution is -2.18. The van der Waals surface area contributed by atoms with Gasteiger partial charge in [-0.3, -0.25) is 9.20 Å². The first-order valence-electron chi connectivity index (χ1n) is 10.9. The lowest BCUT2D eigenvalue weighted by molar-refractivity contribution is -0.140. The normalized spacial score (nSPS) is 11.3. The number of aromatic nitrogens is 2. The van der Waals surface area contributed by atoms with Gasteiger partial charge in [0.25, 0.3) is 0 Å². The van der Waals surface area contributed by atoms with Crippen LogP contribution in [0.3, 0.4) is 0 Å². The molecule has 2 aromatic carbocycles. The molecule has 0 bridgehead atoms. The van der Waals surface area contributed by atoms with E-state index in [1.165, 1.54) is 19.2 Å². The predicted molar refractivity (Wildman–Crippen MR) is 131 cm³/mol. The zero-order valence-corrected chi connectivity index (χ0v) is 20.3. The summed E-state index contributed by atoms with van der Waals surface area (Å²) in [4.78, 5) is 16.7. The van der Waals surface area contributed by atoms with Gasteiger partial charge in [0.2, 0.25) is 0 Å². The largest absolute Gasteiger partial charge is 0.497 e. The van der Waals surface area contributed by atoms with Gasteiger partial charge in [0, 0.05) is 11.3 Å². The number of fused-ring (bicyclic) bond motifs is 1. The standard InChI is InChI=1S/C25H25N3O6S/c1-4-33-23(29)16-26-25-24(27-22-10-5-7-17(2)28(22)25)18-8-6-9-20(15-18)34-35(30,31)21-13-11-19(32-3)12-14-21/h5-15,26H,4,16H2,1-3H3. The number of aryl methyl sites for hydroxylation is 1. The molecule has 2 heterocycles. The second-order valence-electron chi connectivity index (χ2n) is 7.57. The molecule has 0 spiro atoms. The number of esters is 1. The summed E-state index contributed by atoms with van der Waals surface area (Å²) in [5.74, 6) is 0.852. The third-order valence-corrected chi connectivity index (χ3v) is 6.47. The highest BCUT2D eigenvalue weighted by molar-refractivity contribution is 7.87. The van der Waals surface area contributed by atoms with Crippen LogP contribution < -0.4 is 14.2 Å². The van der Waals surface area contributed by atoms with Crippen LogP contribution in [0.5, 0.6) is 11.5 Å². The molecule has 0 saturated heterocycles. The summed E-state index contributed by atoms with van der Waals surface area (Å²) < 4.78 is 43.0. The summed E-state index contributed by atoms with van der Waals surface area (Å²) >= 11 is 0. The Morgan fingerprint density at radius 2 is 1.77 bits per heavy atom. The molecular formula is C25H25N3O6S. The van der Waals surface area contributed by atoms with Gasteiger partial charge in [-0.1, -0.05) is 18.2 Å². The van der Waals surface area contributed by atoms with Gasteiger partial charge in [0.05, 0.1) is 13.7 Å². The molecule has 0 radical (unpaired) electrons. The van der Waals surface area contributed by atoms with E-state index in [-0.39, 0.29) is 23.8 Å². The van der Waals surface area contributed by atoms with Gasteiger partial charge in [-0.15, -0.1) is 0 Å². The van der Waals surface area contributed by atoms with Gasteiger partial charge >= 0.3 is 16.1 Å². The van der Waals surface area contributed by atoms with Crippen molar-refractivity contribution in [2.75, 3.05) is 25.6 Å². The SMILES string of the molecule is CCOC(=O)CNc1c(-c2cccc(OS(=O)(=O)c3ccc(OC)cc3)c2)nc2cccc(C)n12. The van der Waals surface area contributed by atoms with Crippen molar-refractivity contribution in [3.05, 3.63) is 72.4 Å². The zero-order valence-electron chi connectivity index (χ0n) is 19.5. The van der Waals surface area contributed by atoms with Crippen molar-refractivity contribution < 1.29 is 26.9 Å². The van der Waals surface area contributed by atoms with Gasteiger partial charge in [0.15, 0.2) is 0 Å². The van der Waals surface area contributed by atoms with Crippen molar-refractivity contribution in [1.82, 2.24) is 9.38 Å². The average molecular weight is 496 g/mol. The first-order valence-corrected chi connectivity index (χ1v) is 12.3. The number of carbonyl (C=O) groups is 1. The number of hydrogen-bond acceptors (Lipinski definition) is 8. The van der Waals surface area contributed by atoms with Crippen molar-refractivity contribution in [3.8, 4) is 22.8 Å². The minimum atomic E-state index is -4.06. The number of rotatable bonds is 9. The van der Waals surface area contributed by atoms with Gasteiger partial charge in [0.1, 0.15) is 40.1 Å². The molecule has 0 amide bonds. The van der Waals surface area contributed by atoms with Crippen molar-refractivity contribution in [1.29, 1.82) is 0 Å². The molecule has 182 valence electrons. The van der Waals surface area contributed by atoms with Crippen molar-refractivity contribution in [3.63, 3.8) is 0 Å². The van der Waals surface area contributed by atoms with E-state index in [2.05, 4.69) is 5.32 Å². The third-order valence-electron chi connectivity index (χ3n) is 5.21. The number of nitrogens with one attached hydrogen (secondary N) is 1. The van der Waals surface area contributed by atoms with Gasteiger partial charge in [-0.05, 0) is 62.4 Å². The van der Waals surface area contributed by atoms with Crippen LogP contribution in [0.2, 0.25) is 0 Å². The molecule has 0 fully saturated rings. The molecule has 0 saturated carbocycles. The van der Waals surface area contributed by atoms with E-state index >= 15 is 0 Å². The molecule has 35 heavy (non-hydrogen) atoms. The Morgan fingerprint density at radius 1 is 1.03 bits per heavy atom. The fourth-order valence-electron chi connectivity index (χ4n) is 3.60. The number of nitrogens with zero attached hydrogens (tertiary/aromatic N) is 2. The molecule has 0 unspecified atom stereocenters. The third kappa shape index (κ3) is 5.22. The molecule has 0 aliphatic heterocycles. The Bertz CT molecular complexity index is 1460. The summed E-state index contributed by atoms with van der Waals surface area (Å²) in [6, 6.07) is 18.2. The van der Waals surface area contributed by atoms with Crippen LogP contribution in [0.4, 0.5) is 5.82 Å². The van der Waals surface area contributed by atoms with E-state index in [4.69, 9.17) is 18.6 Å². The number of hydrogen-bond donors (Lipinski definition) is 1. The van der Waals surface area contributed by atoms with Crippen molar-refractivity contribution in [2.24, 2.45) is 0 Å². The van der Waals surface area contributed by atoms with E-state index in [0.29, 0.717) is 28.5 Å². The Balaban J connectivity index is 1.69. The molecule has 4 aromatic rings. The maximum absolute atomic E-state index is 12.8. The van der Waals surface area contributed by atoms with Crippen molar-refractivity contribution in [2.45, 2.75) is 18.7 Å². The molecule has 9 nitrogen and oxygen atoms in total. The Hall–Kier alpha value is -4.05. The van der Waals surface area contributed by atoms with E-state index in [1.54, 1.807) is 43.3 Å². The van der Waals surface area contributed by atoms with E-state index in [9.17, 15) is 13.2 Å². The van der Waals surface area contributed by atoms with Crippen LogP contribution in [-0.4, -0.2) is 44.0 Å². The number of benzene rings is 2. The zero-order chi connectivity index (χ0) is 25.0.